The fourth-order valence-corrected chi connectivity index (χ4v) is 2.11. The van der Waals surface area contributed by atoms with Crippen LogP contribution in [0.15, 0.2) is 48.5 Å². The van der Waals surface area contributed by atoms with Crippen molar-refractivity contribution in [3.8, 4) is 17.2 Å². The summed E-state index contributed by atoms with van der Waals surface area (Å²) in [7, 11) is 3.00. The lowest BCUT2D eigenvalue weighted by Crippen LogP contribution is -2.29. The summed E-state index contributed by atoms with van der Waals surface area (Å²) in [5, 5.41) is 9.39. The van der Waals surface area contributed by atoms with Gasteiger partial charge in [-0.2, -0.15) is 0 Å². The van der Waals surface area contributed by atoms with Gasteiger partial charge in [-0.1, -0.05) is 36.4 Å². The Morgan fingerprint density at radius 1 is 1.00 bits per heavy atom. The van der Waals surface area contributed by atoms with Crippen LogP contribution in [0.4, 0.5) is 0 Å². The normalized spacial score (nSPS) is 11.5. The number of benzene rings is 2. The molecule has 0 aliphatic rings. The molecule has 0 fully saturated rings. The molecule has 0 aliphatic carbocycles. The molecule has 5 heteroatoms. The van der Waals surface area contributed by atoms with E-state index in [4.69, 9.17) is 14.2 Å². The van der Waals surface area contributed by atoms with Crippen molar-refractivity contribution >= 4 is 5.97 Å². The highest BCUT2D eigenvalue weighted by Gasteiger charge is 2.22. The van der Waals surface area contributed by atoms with Gasteiger partial charge in [0.2, 0.25) is 5.75 Å². The molecule has 0 saturated heterocycles. The Hall–Kier alpha value is -2.69. The second-order valence-corrected chi connectivity index (χ2v) is 4.63. The zero-order valence-corrected chi connectivity index (χ0v) is 12.5. The number of ether oxygens (including phenoxy) is 3. The molecule has 1 N–H and O–H groups in total. The number of rotatable bonds is 7. The van der Waals surface area contributed by atoms with E-state index in [-0.39, 0.29) is 6.42 Å². The highest BCUT2D eigenvalue weighted by Crippen LogP contribution is 2.37. The molecule has 116 valence electrons. The lowest BCUT2D eigenvalue weighted by Gasteiger charge is -2.18. The molecule has 1 atom stereocenters. The van der Waals surface area contributed by atoms with E-state index in [9.17, 15) is 9.90 Å². The summed E-state index contributed by atoms with van der Waals surface area (Å²) < 4.78 is 16.1. The van der Waals surface area contributed by atoms with Gasteiger partial charge in [-0.05, 0) is 17.7 Å². The standard InChI is InChI=1S/C17H18O5/c1-20-13-9-6-10-14(16(13)21-2)22-15(17(18)19)11-12-7-4-3-5-8-12/h3-10,15H,11H2,1-2H3,(H,18,19). The number of hydrogen-bond acceptors (Lipinski definition) is 4. The zero-order valence-electron chi connectivity index (χ0n) is 12.5. The minimum atomic E-state index is -1.03. The minimum Gasteiger partial charge on any atom is -0.493 e. The van der Waals surface area contributed by atoms with Crippen LogP contribution in [0.3, 0.4) is 0 Å². The molecule has 0 radical (unpaired) electrons. The number of methoxy groups -OCH3 is 2. The highest BCUT2D eigenvalue weighted by atomic mass is 16.5. The van der Waals surface area contributed by atoms with Crippen molar-refractivity contribution in [1.82, 2.24) is 0 Å². The Kier molecular flexibility index (Phi) is 5.25. The van der Waals surface area contributed by atoms with E-state index >= 15 is 0 Å². The quantitative estimate of drug-likeness (QED) is 0.852. The summed E-state index contributed by atoms with van der Waals surface area (Å²) in [6.07, 6.45) is -0.750. The molecule has 2 rings (SSSR count). The van der Waals surface area contributed by atoms with Crippen molar-refractivity contribution in [1.29, 1.82) is 0 Å². The molecule has 22 heavy (non-hydrogen) atoms. The predicted molar refractivity (Wildman–Crippen MR) is 81.7 cm³/mol. The minimum absolute atomic E-state index is 0.260. The van der Waals surface area contributed by atoms with E-state index in [1.807, 2.05) is 30.3 Å². The van der Waals surface area contributed by atoms with Gasteiger partial charge in [0.25, 0.3) is 0 Å². The van der Waals surface area contributed by atoms with Crippen molar-refractivity contribution in [3.63, 3.8) is 0 Å². The molecule has 0 bridgehead atoms. The number of carboxylic acids is 1. The molecule has 0 heterocycles. The average molecular weight is 302 g/mol. The number of aliphatic carboxylic acids is 1. The summed E-state index contributed by atoms with van der Waals surface area (Å²) >= 11 is 0. The fraction of sp³-hybridized carbons (Fsp3) is 0.235. The maximum absolute atomic E-state index is 11.5. The Balaban J connectivity index is 2.23. The lowest BCUT2D eigenvalue weighted by molar-refractivity contribution is -0.145. The third kappa shape index (κ3) is 3.69. The molecule has 1 unspecified atom stereocenters. The Bertz CT molecular complexity index is 624. The van der Waals surface area contributed by atoms with Gasteiger partial charge < -0.3 is 19.3 Å². The van der Waals surface area contributed by atoms with Gasteiger partial charge in [-0.25, -0.2) is 4.79 Å². The molecular formula is C17H18O5. The topological polar surface area (TPSA) is 65.0 Å². The Labute approximate surface area is 129 Å². The molecular weight excluding hydrogens is 284 g/mol. The van der Waals surface area contributed by atoms with E-state index in [0.29, 0.717) is 17.2 Å². The molecule has 0 saturated carbocycles. The molecule has 0 amide bonds. The maximum Gasteiger partial charge on any atom is 0.345 e. The third-order valence-corrected chi connectivity index (χ3v) is 3.18. The summed E-state index contributed by atoms with van der Waals surface area (Å²) in [4.78, 5) is 11.5. The van der Waals surface area contributed by atoms with Crippen molar-refractivity contribution < 1.29 is 24.1 Å². The molecule has 0 spiro atoms. The van der Waals surface area contributed by atoms with E-state index in [2.05, 4.69) is 0 Å². The van der Waals surface area contributed by atoms with Crippen LogP contribution >= 0.6 is 0 Å². The number of hydrogen-bond donors (Lipinski definition) is 1. The van der Waals surface area contributed by atoms with Gasteiger partial charge in [0, 0.05) is 6.42 Å². The monoisotopic (exact) mass is 302 g/mol. The smallest absolute Gasteiger partial charge is 0.345 e. The van der Waals surface area contributed by atoms with Crippen LogP contribution in [0.2, 0.25) is 0 Å². The van der Waals surface area contributed by atoms with Crippen molar-refractivity contribution in [2.45, 2.75) is 12.5 Å². The first-order chi connectivity index (χ1) is 10.7. The molecule has 0 aliphatic heterocycles. The average Bonchev–Trinajstić information content (AvgIpc) is 2.54. The van der Waals surface area contributed by atoms with Crippen LogP contribution in [0, 0.1) is 0 Å². The van der Waals surface area contributed by atoms with Gasteiger partial charge in [-0.15, -0.1) is 0 Å². The van der Waals surface area contributed by atoms with Gasteiger partial charge in [0.1, 0.15) is 0 Å². The highest BCUT2D eigenvalue weighted by molar-refractivity contribution is 5.73. The Morgan fingerprint density at radius 3 is 2.27 bits per heavy atom. The van der Waals surface area contributed by atoms with Crippen LogP contribution in [0.5, 0.6) is 17.2 Å². The van der Waals surface area contributed by atoms with Crippen molar-refractivity contribution in [2.24, 2.45) is 0 Å². The molecule has 0 aromatic heterocycles. The third-order valence-electron chi connectivity index (χ3n) is 3.18. The largest absolute Gasteiger partial charge is 0.493 e. The van der Waals surface area contributed by atoms with Crippen LogP contribution in [-0.2, 0) is 11.2 Å². The van der Waals surface area contributed by atoms with E-state index in [1.54, 1.807) is 18.2 Å². The Morgan fingerprint density at radius 2 is 1.68 bits per heavy atom. The van der Waals surface area contributed by atoms with Crippen LogP contribution in [-0.4, -0.2) is 31.4 Å². The second-order valence-electron chi connectivity index (χ2n) is 4.63. The molecule has 2 aromatic rings. The van der Waals surface area contributed by atoms with E-state index in [1.165, 1.54) is 14.2 Å². The number of para-hydroxylation sites is 1. The first-order valence-corrected chi connectivity index (χ1v) is 6.80. The number of carbonyl (C=O) groups is 1. The van der Waals surface area contributed by atoms with Gasteiger partial charge in [0.15, 0.2) is 17.6 Å². The van der Waals surface area contributed by atoms with Crippen molar-refractivity contribution in [3.05, 3.63) is 54.1 Å². The first kappa shape index (κ1) is 15.7. The fourth-order valence-electron chi connectivity index (χ4n) is 2.11. The van der Waals surface area contributed by atoms with Gasteiger partial charge in [-0.3, -0.25) is 0 Å². The number of carboxylic acid groups (broad SMARTS) is 1. The van der Waals surface area contributed by atoms with Crippen molar-refractivity contribution in [2.75, 3.05) is 14.2 Å². The van der Waals surface area contributed by atoms with Crippen LogP contribution in [0.1, 0.15) is 5.56 Å². The lowest BCUT2D eigenvalue weighted by atomic mass is 10.1. The van der Waals surface area contributed by atoms with Crippen LogP contribution < -0.4 is 14.2 Å². The van der Waals surface area contributed by atoms with Crippen LogP contribution in [0.25, 0.3) is 0 Å². The summed E-state index contributed by atoms with van der Waals surface area (Å²) in [6, 6.07) is 14.4. The zero-order chi connectivity index (χ0) is 15.9. The summed E-state index contributed by atoms with van der Waals surface area (Å²) in [5.74, 6) is 0.173. The second kappa shape index (κ2) is 7.36. The SMILES string of the molecule is COc1cccc(OC(Cc2ccccc2)C(=O)O)c1OC. The first-order valence-electron chi connectivity index (χ1n) is 6.80. The molecule has 2 aromatic carbocycles. The van der Waals surface area contributed by atoms with Gasteiger partial charge >= 0.3 is 5.97 Å². The van der Waals surface area contributed by atoms with E-state index in [0.717, 1.165) is 5.56 Å². The summed E-state index contributed by atoms with van der Waals surface area (Å²) in [6.45, 7) is 0. The maximum atomic E-state index is 11.5. The van der Waals surface area contributed by atoms with E-state index < -0.39 is 12.1 Å². The predicted octanol–water partition coefficient (Wildman–Crippen LogP) is 2.78. The van der Waals surface area contributed by atoms with Gasteiger partial charge in [0.05, 0.1) is 14.2 Å². The summed E-state index contributed by atoms with van der Waals surface area (Å²) in [5.41, 5.74) is 0.886. The molecule has 5 nitrogen and oxygen atoms in total.